The molecule has 1 aliphatic carbocycles. The number of hydrogen-bond acceptors (Lipinski definition) is 1. The van der Waals surface area contributed by atoms with Crippen molar-refractivity contribution < 1.29 is 14.6 Å². The molecule has 0 atom stereocenters. The zero-order chi connectivity index (χ0) is 21.3. The third-order valence-corrected chi connectivity index (χ3v) is 6.86. The molecular formula is C27H37N3O+2. The van der Waals surface area contributed by atoms with E-state index in [0.29, 0.717) is 12.5 Å². The Morgan fingerprint density at radius 3 is 2.26 bits per heavy atom. The van der Waals surface area contributed by atoms with E-state index in [0.717, 1.165) is 38.4 Å². The van der Waals surface area contributed by atoms with Crippen molar-refractivity contribution in [3.63, 3.8) is 0 Å². The van der Waals surface area contributed by atoms with Crippen LogP contribution < -0.4 is 15.1 Å². The Labute approximate surface area is 186 Å². The van der Waals surface area contributed by atoms with E-state index < -0.39 is 0 Å². The zero-order valence-corrected chi connectivity index (χ0v) is 18.6. The molecule has 0 radical (unpaired) electrons. The maximum absolute atomic E-state index is 12.5. The summed E-state index contributed by atoms with van der Waals surface area (Å²) in [4.78, 5) is 15.5. The summed E-state index contributed by atoms with van der Waals surface area (Å²) in [5.74, 6) is 0.845. The van der Waals surface area contributed by atoms with Gasteiger partial charge in [0.2, 0.25) is 0 Å². The lowest BCUT2D eigenvalue weighted by atomic mass is 9.84. The molecule has 2 fully saturated rings. The Morgan fingerprint density at radius 1 is 0.871 bits per heavy atom. The number of anilines is 1. The van der Waals surface area contributed by atoms with E-state index in [1.165, 1.54) is 48.1 Å². The van der Waals surface area contributed by atoms with Gasteiger partial charge in [-0.25, -0.2) is 0 Å². The SMILES string of the molecule is O=C(C[NH+]1CC[NH+](C/C=C\c2ccccc2)CC1)Nc1ccc(C2CCCCC2)cc1. The summed E-state index contributed by atoms with van der Waals surface area (Å²) < 4.78 is 0. The first-order valence-corrected chi connectivity index (χ1v) is 12.0. The minimum atomic E-state index is 0.132. The average Bonchev–Trinajstić information content (AvgIpc) is 2.82. The number of benzene rings is 2. The molecule has 1 heterocycles. The van der Waals surface area contributed by atoms with Crippen LogP contribution in [0.1, 0.15) is 49.1 Å². The van der Waals surface area contributed by atoms with E-state index in [2.05, 4.69) is 66.0 Å². The maximum atomic E-state index is 12.5. The zero-order valence-electron chi connectivity index (χ0n) is 18.6. The number of rotatable bonds is 7. The van der Waals surface area contributed by atoms with Crippen LogP contribution in [0.25, 0.3) is 6.08 Å². The van der Waals surface area contributed by atoms with Crippen LogP contribution in [0.3, 0.4) is 0 Å². The van der Waals surface area contributed by atoms with Crippen LogP contribution in [0, 0.1) is 0 Å². The molecule has 3 N–H and O–H groups in total. The molecule has 4 rings (SSSR count). The van der Waals surface area contributed by atoms with Crippen LogP contribution in [0.2, 0.25) is 0 Å². The van der Waals surface area contributed by atoms with E-state index in [4.69, 9.17) is 0 Å². The lowest BCUT2D eigenvalue weighted by Crippen LogP contribution is -3.28. The highest BCUT2D eigenvalue weighted by Crippen LogP contribution is 2.32. The van der Waals surface area contributed by atoms with Gasteiger partial charge in [-0.2, -0.15) is 0 Å². The molecule has 2 aromatic carbocycles. The lowest BCUT2D eigenvalue weighted by Gasteiger charge is -2.28. The number of amides is 1. The summed E-state index contributed by atoms with van der Waals surface area (Å²) in [7, 11) is 0. The van der Waals surface area contributed by atoms with Gasteiger partial charge in [0.25, 0.3) is 5.91 Å². The van der Waals surface area contributed by atoms with Crippen LogP contribution in [-0.2, 0) is 4.79 Å². The van der Waals surface area contributed by atoms with E-state index in [1.54, 1.807) is 4.90 Å². The molecule has 164 valence electrons. The molecule has 0 bridgehead atoms. The minimum absolute atomic E-state index is 0.132. The Kier molecular flexibility index (Phi) is 7.92. The number of carbonyl (C=O) groups is 1. The topological polar surface area (TPSA) is 38.0 Å². The number of nitrogens with one attached hydrogen (secondary N) is 3. The van der Waals surface area contributed by atoms with Gasteiger partial charge in [-0.3, -0.25) is 4.79 Å². The van der Waals surface area contributed by atoms with Gasteiger partial charge in [-0.15, -0.1) is 0 Å². The van der Waals surface area contributed by atoms with Gasteiger partial charge in [-0.1, -0.05) is 67.8 Å². The summed E-state index contributed by atoms with van der Waals surface area (Å²) in [6.45, 7) is 5.99. The molecule has 1 saturated heterocycles. The molecule has 1 saturated carbocycles. The third-order valence-electron chi connectivity index (χ3n) is 6.86. The fraction of sp³-hybridized carbons (Fsp3) is 0.444. The lowest BCUT2D eigenvalue weighted by molar-refractivity contribution is -1.01. The first-order chi connectivity index (χ1) is 15.3. The van der Waals surface area contributed by atoms with Gasteiger partial charge in [0.1, 0.15) is 26.2 Å². The summed E-state index contributed by atoms with van der Waals surface area (Å²) in [6.07, 6.45) is 11.2. The first-order valence-electron chi connectivity index (χ1n) is 12.0. The van der Waals surface area contributed by atoms with E-state index in [9.17, 15) is 4.79 Å². The van der Waals surface area contributed by atoms with Gasteiger partial charge < -0.3 is 15.1 Å². The van der Waals surface area contributed by atoms with Gasteiger partial charge in [0.05, 0.1) is 6.54 Å². The fourth-order valence-electron chi connectivity index (χ4n) is 4.97. The summed E-state index contributed by atoms with van der Waals surface area (Å²) in [5, 5.41) is 3.11. The molecule has 31 heavy (non-hydrogen) atoms. The Balaban J connectivity index is 1.16. The highest BCUT2D eigenvalue weighted by atomic mass is 16.2. The van der Waals surface area contributed by atoms with Crippen LogP contribution in [-0.4, -0.2) is 45.2 Å². The Hall–Kier alpha value is -2.43. The standard InChI is InChI=1S/C27H35N3O/c31-27(28-26-15-13-25(14-16-26)24-11-5-2-6-12-24)22-30-20-18-29(19-21-30)17-7-10-23-8-3-1-4-9-23/h1,3-4,7-10,13-16,24H,2,5-6,11-12,17-22H2,(H,28,31)/p+2/b10-7-. The van der Waals surface area contributed by atoms with Crippen LogP contribution in [0.4, 0.5) is 5.69 Å². The summed E-state index contributed by atoms with van der Waals surface area (Å²) in [6, 6.07) is 19.1. The van der Waals surface area contributed by atoms with Gasteiger partial charge >= 0.3 is 0 Å². The third kappa shape index (κ3) is 6.78. The van der Waals surface area contributed by atoms with Crippen molar-refractivity contribution in [2.24, 2.45) is 0 Å². The maximum Gasteiger partial charge on any atom is 0.279 e. The monoisotopic (exact) mass is 419 g/mol. The molecule has 2 aliphatic rings. The smallest absolute Gasteiger partial charge is 0.279 e. The van der Waals surface area contributed by atoms with Crippen LogP contribution in [0.15, 0.2) is 60.7 Å². The predicted octanol–water partition coefficient (Wildman–Crippen LogP) is 2.17. The quantitative estimate of drug-likeness (QED) is 0.632. The Morgan fingerprint density at radius 2 is 1.55 bits per heavy atom. The second-order valence-corrected chi connectivity index (χ2v) is 9.20. The second-order valence-electron chi connectivity index (χ2n) is 9.20. The van der Waals surface area contributed by atoms with Gasteiger partial charge in [0.15, 0.2) is 6.54 Å². The fourth-order valence-corrected chi connectivity index (χ4v) is 4.97. The van der Waals surface area contributed by atoms with Crippen molar-refractivity contribution in [2.45, 2.75) is 38.0 Å². The molecule has 1 aliphatic heterocycles. The molecular weight excluding hydrogens is 382 g/mol. The normalized spacial score (nSPS) is 22.5. The van der Waals surface area contributed by atoms with Crippen molar-refractivity contribution in [1.29, 1.82) is 0 Å². The molecule has 0 spiro atoms. The predicted molar refractivity (Wildman–Crippen MR) is 128 cm³/mol. The van der Waals surface area contributed by atoms with Crippen molar-refractivity contribution in [3.05, 3.63) is 71.8 Å². The summed E-state index contributed by atoms with van der Waals surface area (Å²) in [5.41, 5.74) is 3.62. The van der Waals surface area contributed by atoms with Crippen molar-refractivity contribution in [1.82, 2.24) is 0 Å². The van der Waals surface area contributed by atoms with E-state index >= 15 is 0 Å². The van der Waals surface area contributed by atoms with Crippen molar-refractivity contribution >= 4 is 17.7 Å². The Bertz CT molecular complexity index is 833. The van der Waals surface area contributed by atoms with Crippen LogP contribution in [0.5, 0.6) is 0 Å². The molecule has 0 unspecified atom stereocenters. The highest BCUT2D eigenvalue weighted by Gasteiger charge is 2.24. The van der Waals surface area contributed by atoms with Crippen molar-refractivity contribution in [2.75, 3.05) is 44.6 Å². The van der Waals surface area contributed by atoms with Crippen molar-refractivity contribution in [3.8, 4) is 0 Å². The number of hydrogen-bond donors (Lipinski definition) is 3. The molecule has 0 aromatic heterocycles. The molecule has 1 amide bonds. The van der Waals surface area contributed by atoms with E-state index in [1.807, 2.05) is 6.07 Å². The second kappa shape index (κ2) is 11.3. The average molecular weight is 420 g/mol. The largest absolute Gasteiger partial charge is 0.322 e. The first kappa shape index (κ1) is 21.8. The number of piperazine rings is 1. The highest BCUT2D eigenvalue weighted by molar-refractivity contribution is 5.91. The van der Waals surface area contributed by atoms with Gasteiger partial charge in [0, 0.05) is 5.69 Å². The van der Waals surface area contributed by atoms with E-state index in [-0.39, 0.29) is 5.91 Å². The van der Waals surface area contributed by atoms with Crippen LogP contribution >= 0.6 is 0 Å². The molecule has 4 heteroatoms. The number of quaternary nitrogens is 2. The molecule has 4 nitrogen and oxygen atoms in total. The van der Waals surface area contributed by atoms with Gasteiger partial charge in [-0.05, 0) is 48.1 Å². The molecule has 2 aromatic rings. The minimum Gasteiger partial charge on any atom is -0.322 e. The number of carbonyl (C=O) groups excluding carboxylic acids is 1. The summed E-state index contributed by atoms with van der Waals surface area (Å²) >= 11 is 0.